The summed E-state index contributed by atoms with van der Waals surface area (Å²) in [7, 11) is -9.49. The topological polar surface area (TPSA) is 349 Å². The summed E-state index contributed by atoms with van der Waals surface area (Å²) in [5.41, 5.74) is 0. The summed E-state index contributed by atoms with van der Waals surface area (Å²) in [6, 6.07) is -1.03. The Morgan fingerprint density at radius 3 is 1.47 bits per heavy atom. The van der Waals surface area contributed by atoms with Gasteiger partial charge in [0.1, 0.15) is 18.6 Å². The first-order valence-corrected chi connectivity index (χ1v) is 23.1. The third-order valence-electron chi connectivity index (χ3n) is 8.74. The molecule has 0 aliphatic carbocycles. The molecule has 25 nitrogen and oxygen atoms in total. The fourth-order valence-corrected chi connectivity index (χ4v) is 7.60. The number of carbonyl (C=O) groups excluding carboxylic acids is 3. The average Bonchev–Trinajstić information content (AvgIpc) is 3.11. The molecule has 1 atom stereocenters. The number of ether oxygens (including phenoxy) is 2. The van der Waals surface area contributed by atoms with Crippen LogP contribution >= 0.6 is 15.2 Å². The van der Waals surface area contributed by atoms with Crippen LogP contribution in [-0.4, -0.2) is 238 Å². The molecule has 348 valence electrons. The van der Waals surface area contributed by atoms with Gasteiger partial charge in [0.15, 0.2) is 0 Å². The number of nitrogens with zero attached hydrogens (tertiary/aromatic N) is 5. The van der Waals surface area contributed by atoms with Crippen LogP contribution in [0.3, 0.4) is 0 Å². The van der Waals surface area contributed by atoms with Crippen LogP contribution in [-0.2, 0) is 47.4 Å². The highest BCUT2D eigenvalue weighted by Gasteiger charge is 2.28. The molecule has 10 N–H and O–H groups in total. The van der Waals surface area contributed by atoms with E-state index >= 15 is 0 Å². The van der Waals surface area contributed by atoms with E-state index in [1.807, 2.05) is 6.92 Å². The van der Waals surface area contributed by atoms with Crippen LogP contribution in [0.5, 0.6) is 0 Å². The number of carboxylic acids is 3. The number of amides is 3. The van der Waals surface area contributed by atoms with E-state index in [1.54, 1.807) is 19.6 Å². The zero-order valence-electron chi connectivity index (χ0n) is 34.1. The van der Waals surface area contributed by atoms with Crippen LogP contribution in [0.1, 0.15) is 32.6 Å². The molecule has 1 aliphatic heterocycles. The van der Waals surface area contributed by atoms with Gasteiger partial charge in [0.25, 0.3) is 0 Å². The van der Waals surface area contributed by atoms with Gasteiger partial charge < -0.3 is 60.3 Å². The second-order valence-corrected chi connectivity index (χ2v) is 17.4. The molecule has 3 amide bonds. The molecule has 1 rings (SSSR count). The SMILES string of the molecule is CCOCCOCCCNC(=O)[C@@H](CCCCNC(=O)CN(CP(=O)(O)O)CP(=O)(O)O)NC(=O)CN1CCN(CC(=O)O)CCN(CC(=O)O)CCN(CC(=O)O)CC1. The maximum atomic E-state index is 13.5. The van der Waals surface area contributed by atoms with Crippen molar-refractivity contribution in [2.75, 3.05) is 137 Å². The molecule has 0 unspecified atom stereocenters. The second-order valence-electron chi connectivity index (χ2n) is 14.1. The molecule has 0 aromatic carbocycles. The molecule has 1 aliphatic rings. The first kappa shape index (κ1) is 54.9. The van der Waals surface area contributed by atoms with Gasteiger partial charge in [-0.25, -0.2) is 0 Å². The molecule has 0 aromatic rings. The number of carboxylic acid groups (broad SMARTS) is 3. The van der Waals surface area contributed by atoms with Gasteiger partial charge in [-0.15, -0.1) is 0 Å². The van der Waals surface area contributed by atoms with Gasteiger partial charge in [-0.3, -0.25) is 62.4 Å². The van der Waals surface area contributed by atoms with Gasteiger partial charge in [-0.2, -0.15) is 0 Å². The Morgan fingerprint density at radius 2 is 1.03 bits per heavy atom. The van der Waals surface area contributed by atoms with Crippen LogP contribution in [0, 0.1) is 0 Å². The van der Waals surface area contributed by atoms with Crippen LogP contribution < -0.4 is 16.0 Å². The van der Waals surface area contributed by atoms with Crippen molar-refractivity contribution >= 4 is 50.8 Å². The summed E-state index contributed by atoms with van der Waals surface area (Å²) in [5, 5.41) is 36.4. The molecule has 1 heterocycles. The fourth-order valence-electron chi connectivity index (χ4n) is 6.00. The molecular weight excluding hydrogens is 842 g/mol. The van der Waals surface area contributed by atoms with Crippen molar-refractivity contribution in [3.63, 3.8) is 0 Å². The average molecular weight is 907 g/mol. The second kappa shape index (κ2) is 30.0. The molecule has 27 heteroatoms. The monoisotopic (exact) mass is 906 g/mol. The lowest BCUT2D eigenvalue weighted by Crippen LogP contribution is -2.52. The van der Waals surface area contributed by atoms with Crippen molar-refractivity contribution in [2.24, 2.45) is 0 Å². The van der Waals surface area contributed by atoms with E-state index in [0.29, 0.717) is 44.2 Å². The summed E-state index contributed by atoms with van der Waals surface area (Å²) in [6.07, 6.45) is -0.935. The molecule has 0 saturated carbocycles. The molecule has 60 heavy (non-hydrogen) atoms. The molecule has 0 radical (unpaired) electrons. The fraction of sp³-hybridized carbons (Fsp3) is 0.818. The van der Waals surface area contributed by atoms with Crippen molar-refractivity contribution in [3.05, 3.63) is 0 Å². The number of hydrogen-bond acceptors (Lipinski definition) is 15. The van der Waals surface area contributed by atoms with E-state index in [-0.39, 0.29) is 104 Å². The summed E-state index contributed by atoms with van der Waals surface area (Å²) in [5.74, 6) is -5.08. The lowest BCUT2D eigenvalue weighted by molar-refractivity contribution is -0.140. The largest absolute Gasteiger partial charge is 0.480 e. The van der Waals surface area contributed by atoms with Gasteiger partial charge in [0, 0.05) is 78.7 Å². The molecule has 0 aromatic heterocycles. The van der Waals surface area contributed by atoms with Crippen LogP contribution in [0.15, 0.2) is 0 Å². The van der Waals surface area contributed by atoms with Gasteiger partial charge in [0.05, 0.1) is 45.9 Å². The van der Waals surface area contributed by atoms with Crippen LogP contribution in [0.4, 0.5) is 0 Å². The summed E-state index contributed by atoms with van der Waals surface area (Å²) >= 11 is 0. The smallest absolute Gasteiger partial charge is 0.339 e. The summed E-state index contributed by atoms with van der Waals surface area (Å²) < 4.78 is 33.5. The predicted molar refractivity (Wildman–Crippen MR) is 213 cm³/mol. The summed E-state index contributed by atoms with van der Waals surface area (Å²) in [6.45, 7) is 3.38. The van der Waals surface area contributed by atoms with Crippen molar-refractivity contribution in [1.82, 2.24) is 40.4 Å². The van der Waals surface area contributed by atoms with Gasteiger partial charge in [-0.05, 0) is 32.6 Å². The van der Waals surface area contributed by atoms with Gasteiger partial charge >= 0.3 is 33.1 Å². The number of hydrogen-bond donors (Lipinski definition) is 10. The quantitative estimate of drug-likeness (QED) is 0.0256. The van der Waals surface area contributed by atoms with E-state index in [2.05, 4.69) is 16.0 Å². The van der Waals surface area contributed by atoms with E-state index in [1.165, 1.54) is 0 Å². The number of nitrogens with one attached hydrogen (secondary N) is 3. The van der Waals surface area contributed by atoms with Crippen LogP contribution in [0.25, 0.3) is 0 Å². The molecule has 0 spiro atoms. The Balaban J connectivity index is 3.02. The van der Waals surface area contributed by atoms with E-state index in [9.17, 15) is 72.8 Å². The van der Waals surface area contributed by atoms with Crippen molar-refractivity contribution in [3.8, 4) is 0 Å². The zero-order chi connectivity index (χ0) is 45.1. The third-order valence-corrected chi connectivity index (χ3v) is 10.3. The Morgan fingerprint density at radius 1 is 0.600 bits per heavy atom. The van der Waals surface area contributed by atoms with Gasteiger partial charge in [-0.1, -0.05) is 0 Å². The first-order chi connectivity index (χ1) is 28.1. The Bertz CT molecular complexity index is 1380. The van der Waals surface area contributed by atoms with E-state index in [0.717, 1.165) is 0 Å². The number of aliphatic carboxylic acids is 3. The molecule has 0 bridgehead atoms. The third kappa shape index (κ3) is 30.0. The first-order valence-electron chi connectivity index (χ1n) is 19.5. The highest BCUT2D eigenvalue weighted by molar-refractivity contribution is 7.52. The minimum atomic E-state index is -4.75. The molecule has 1 fully saturated rings. The molecule has 1 saturated heterocycles. The Labute approximate surface area is 349 Å². The summed E-state index contributed by atoms with van der Waals surface area (Å²) in [4.78, 5) is 118. The minimum absolute atomic E-state index is 0.0292. The van der Waals surface area contributed by atoms with Crippen molar-refractivity contribution in [1.29, 1.82) is 0 Å². The molecular formula is C33H64N8O17P2. The van der Waals surface area contributed by atoms with Crippen molar-refractivity contribution < 1.29 is 82.3 Å². The highest BCUT2D eigenvalue weighted by Crippen LogP contribution is 2.40. The maximum Gasteiger partial charge on any atom is 0.339 e. The van der Waals surface area contributed by atoms with Crippen molar-refractivity contribution in [2.45, 2.75) is 38.6 Å². The lowest BCUT2D eigenvalue weighted by Gasteiger charge is -2.33. The lowest BCUT2D eigenvalue weighted by atomic mass is 10.1. The predicted octanol–water partition coefficient (Wildman–Crippen LogP) is -3.64. The zero-order valence-corrected chi connectivity index (χ0v) is 35.9. The van der Waals surface area contributed by atoms with E-state index in [4.69, 9.17) is 9.47 Å². The Kier molecular flexibility index (Phi) is 27.4. The maximum absolute atomic E-state index is 13.5. The number of carbonyl (C=O) groups is 6. The number of rotatable bonds is 29. The Hall–Kier alpha value is -3.16. The normalized spacial score (nSPS) is 16.4. The highest BCUT2D eigenvalue weighted by atomic mass is 31.2. The minimum Gasteiger partial charge on any atom is -0.480 e. The van der Waals surface area contributed by atoms with Gasteiger partial charge in [0.2, 0.25) is 17.7 Å². The number of unbranched alkanes of at least 4 members (excludes halogenated alkanes) is 1. The standard InChI is InChI=1S/C33H64N8O17P2/c1-2-57-18-19-58-17-5-8-35-33(50)27(6-3-4-7-34-28(42)20-41(25-59(51,52)53)26-60(54,55)56)36-29(43)21-37-9-11-38(22-30(44)45)13-15-40(24-32(48)49)16-14-39(12-10-37)23-31(46)47/h27H,2-26H2,1H3,(H,34,42)(H,35,50)(H,36,43)(H,44,45)(H,46,47)(H,48,49)(H2,51,52,53)(H2,54,55,56)/t27-/m1/s1. The van der Waals surface area contributed by atoms with Crippen LogP contribution in [0.2, 0.25) is 0 Å². The van der Waals surface area contributed by atoms with E-state index < -0.39 is 76.0 Å².